The predicted molar refractivity (Wildman–Crippen MR) is 79.0 cm³/mol. The first-order valence-corrected chi connectivity index (χ1v) is 7.47. The molecule has 1 nitrogen and oxygen atoms in total. The van der Waals surface area contributed by atoms with Crippen molar-refractivity contribution in [3.8, 4) is 0 Å². The van der Waals surface area contributed by atoms with E-state index >= 15 is 0 Å². The van der Waals surface area contributed by atoms with Crippen LogP contribution in [0.5, 0.6) is 0 Å². The van der Waals surface area contributed by atoms with Crippen molar-refractivity contribution in [2.24, 2.45) is 5.92 Å². The molecule has 18 heavy (non-hydrogen) atoms. The number of nitrogens with one attached hydrogen (secondary N) is 1. The Morgan fingerprint density at radius 2 is 2.22 bits per heavy atom. The Morgan fingerprint density at radius 3 is 2.83 bits per heavy atom. The minimum atomic E-state index is 0.376. The fraction of sp³-hybridized carbons (Fsp3) is 0.647. The van der Waals surface area contributed by atoms with Crippen LogP contribution < -0.4 is 5.32 Å². The zero-order valence-corrected chi connectivity index (χ0v) is 12.1. The van der Waals surface area contributed by atoms with Gasteiger partial charge in [-0.15, -0.1) is 0 Å². The highest BCUT2D eigenvalue weighted by Gasteiger charge is 2.41. The molecule has 0 heterocycles. The number of hydrogen-bond donors (Lipinski definition) is 1. The maximum atomic E-state index is 3.67. The van der Waals surface area contributed by atoms with E-state index < -0.39 is 0 Å². The predicted octanol–water partition coefficient (Wildman–Crippen LogP) is 4.05. The molecule has 1 saturated carbocycles. The molecule has 100 valence electrons. The van der Waals surface area contributed by atoms with E-state index in [4.69, 9.17) is 0 Å². The second kappa shape index (κ2) is 5.88. The lowest BCUT2D eigenvalue weighted by Gasteiger charge is -2.35. The molecule has 2 unspecified atom stereocenters. The third-order valence-corrected chi connectivity index (χ3v) is 4.66. The molecule has 0 aliphatic heterocycles. The first-order valence-electron chi connectivity index (χ1n) is 7.47. The van der Waals surface area contributed by atoms with Crippen LogP contribution in [0.15, 0.2) is 24.3 Å². The molecule has 1 aromatic carbocycles. The van der Waals surface area contributed by atoms with E-state index in [1.54, 1.807) is 5.56 Å². The van der Waals surface area contributed by atoms with Gasteiger partial charge in [0.15, 0.2) is 0 Å². The summed E-state index contributed by atoms with van der Waals surface area (Å²) < 4.78 is 0. The molecule has 1 aliphatic carbocycles. The van der Waals surface area contributed by atoms with Gasteiger partial charge in [0.05, 0.1) is 0 Å². The Kier molecular flexibility index (Phi) is 4.45. The fourth-order valence-corrected chi connectivity index (χ4v) is 3.48. The minimum Gasteiger partial charge on any atom is -0.316 e. The molecule has 1 fully saturated rings. The van der Waals surface area contributed by atoms with Crippen molar-refractivity contribution < 1.29 is 0 Å². The van der Waals surface area contributed by atoms with Gasteiger partial charge in [-0.05, 0) is 44.2 Å². The Hall–Kier alpha value is -0.820. The number of aryl methyl sites for hydroxylation is 1. The molecule has 0 bridgehead atoms. The van der Waals surface area contributed by atoms with Gasteiger partial charge >= 0.3 is 0 Å². The Morgan fingerprint density at radius 1 is 1.39 bits per heavy atom. The van der Waals surface area contributed by atoms with Crippen LogP contribution in [0, 0.1) is 12.8 Å². The van der Waals surface area contributed by atoms with Crippen LogP contribution >= 0.6 is 0 Å². The SMILES string of the molecule is CCCNCC1(c2cccc(C)c2)CCCC1C. The molecule has 1 aromatic rings. The third-order valence-electron chi connectivity index (χ3n) is 4.66. The molecule has 0 aromatic heterocycles. The van der Waals surface area contributed by atoms with E-state index in [2.05, 4.69) is 50.4 Å². The van der Waals surface area contributed by atoms with Crippen LogP contribution in [0.2, 0.25) is 0 Å². The molecule has 1 N–H and O–H groups in total. The average molecular weight is 245 g/mol. The van der Waals surface area contributed by atoms with E-state index in [0.717, 1.165) is 19.0 Å². The van der Waals surface area contributed by atoms with Crippen LogP contribution in [0.4, 0.5) is 0 Å². The quantitative estimate of drug-likeness (QED) is 0.772. The zero-order valence-electron chi connectivity index (χ0n) is 12.1. The zero-order chi connectivity index (χ0) is 13.0. The molecule has 0 spiro atoms. The van der Waals surface area contributed by atoms with Gasteiger partial charge in [0, 0.05) is 12.0 Å². The van der Waals surface area contributed by atoms with Crippen LogP contribution in [-0.2, 0) is 5.41 Å². The van der Waals surface area contributed by atoms with Gasteiger partial charge in [-0.3, -0.25) is 0 Å². The Balaban J connectivity index is 2.24. The van der Waals surface area contributed by atoms with Crippen molar-refractivity contribution in [2.45, 2.75) is 51.9 Å². The van der Waals surface area contributed by atoms with E-state index in [9.17, 15) is 0 Å². The van der Waals surface area contributed by atoms with Gasteiger partial charge in [0.25, 0.3) is 0 Å². The number of rotatable bonds is 5. The average Bonchev–Trinajstić information content (AvgIpc) is 2.72. The molecule has 0 amide bonds. The van der Waals surface area contributed by atoms with Crippen molar-refractivity contribution in [3.63, 3.8) is 0 Å². The van der Waals surface area contributed by atoms with Crippen molar-refractivity contribution >= 4 is 0 Å². The van der Waals surface area contributed by atoms with Crippen molar-refractivity contribution in [2.75, 3.05) is 13.1 Å². The summed E-state index contributed by atoms with van der Waals surface area (Å²) >= 11 is 0. The summed E-state index contributed by atoms with van der Waals surface area (Å²) in [5.74, 6) is 0.795. The van der Waals surface area contributed by atoms with E-state index in [0.29, 0.717) is 5.41 Å². The first-order chi connectivity index (χ1) is 8.69. The van der Waals surface area contributed by atoms with Crippen LogP contribution in [0.3, 0.4) is 0 Å². The third kappa shape index (κ3) is 2.61. The molecule has 0 saturated heterocycles. The minimum absolute atomic E-state index is 0.376. The largest absolute Gasteiger partial charge is 0.316 e. The van der Waals surface area contributed by atoms with E-state index in [1.165, 1.54) is 31.2 Å². The first kappa shape index (κ1) is 13.6. The molecule has 2 rings (SSSR count). The smallest absolute Gasteiger partial charge is 0.0103 e. The highest BCUT2D eigenvalue weighted by molar-refractivity contribution is 5.32. The normalized spacial score (nSPS) is 27.6. The topological polar surface area (TPSA) is 12.0 Å². The summed E-state index contributed by atoms with van der Waals surface area (Å²) in [6, 6.07) is 9.16. The van der Waals surface area contributed by atoms with Gasteiger partial charge in [-0.2, -0.15) is 0 Å². The molecular formula is C17H27N. The summed E-state index contributed by atoms with van der Waals surface area (Å²) in [7, 11) is 0. The summed E-state index contributed by atoms with van der Waals surface area (Å²) in [4.78, 5) is 0. The Labute approximate surface area is 112 Å². The molecule has 1 heteroatoms. The summed E-state index contributed by atoms with van der Waals surface area (Å²) in [6.07, 6.45) is 5.32. The standard InChI is InChI=1S/C17H27N/c1-4-11-18-13-17(10-6-8-15(17)3)16-9-5-7-14(2)12-16/h5,7,9,12,15,18H,4,6,8,10-11,13H2,1-3H3. The number of benzene rings is 1. The monoisotopic (exact) mass is 245 g/mol. The second-order valence-electron chi connectivity index (χ2n) is 6.00. The van der Waals surface area contributed by atoms with Crippen LogP contribution in [0.1, 0.15) is 50.7 Å². The highest BCUT2D eigenvalue weighted by Crippen LogP contribution is 2.45. The molecule has 1 aliphatic rings. The molecular weight excluding hydrogens is 218 g/mol. The van der Waals surface area contributed by atoms with Gasteiger partial charge in [-0.1, -0.05) is 50.1 Å². The number of hydrogen-bond acceptors (Lipinski definition) is 1. The Bertz CT molecular complexity index is 385. The van der Waals surface area contributed by atoms with Crippen molar-refractivity contribution in [3.05, 3.63) is 35.4 Å². The van der Waals surface area contributed by atoms with Gasteiger partial charge < -0.3 is 5.32 Å². The lowest BCUT2D eigenvalue weighted by atomic mass is 9.72. The fourth-order valence-electron chi connectivity index (χ4n) is 3.48. The van der Waals surface area contributed by atoms with Crippen LogP contribution in [-0.4, -0.2) is 13.1 Å². The summed E-state index contributed by atoms with van der Waals surface area (Å²) in [5.41, 5.74) is 3.32. The van der Waals surface area contributed by atoms with E-state index in [1.807, 2.05) is 0 Å². The maximum absolute atomic E-state index is 3.67. The lowest BCUT2D eigenvalue weighted by molar-refractivity contribution is 0.318. The summed E-state index contributed by atoms with van der Waals surface area (Å²) in [5, 5.41) is 3.67. The lowest BCUT2D eigenvalue weighted by Crippen LogP contribution is -2.40. The van der Waals surface area contributed by atoms with Gasteiger partial charge in [0.2, 0.25) is 0 Å². The molecule has 2 atom stereocenters. The highest BCUT2D eigenvalue weighted by atomic mass is 14.9. The van der Waals surface area contributed by atoms with Crippen LogP contribution in [0.25, 0.3) is 0 Å². The van der Waals surface area contributed by atoms with Gasteiger partial charge in [0.1, 0.15) is 0 Å². The van der Waals surface area contributed by atoms with Gasteiger partial charge in [-0.25, -0.2) is 0 Å². The summed E-state index contributed by atoms with van der Waals surface area (Å²) in [6.45, 7) is 9.16. The maximum Gasteiger partial charge on any atom is 0.0103 e. The van der Waals surface area contributed by atoms with Crippen molar-refractivity contribution in [1.82, 2.24) is 5.32 Å². The van der Waals surface area contributed by atoms with E-state index in [-0.39, 0.29) is 0 Å². The molecule has 0 radical (unpaired) electrons. The van der Waals surface area contributed by atoms with Crippen molar-refractivity contribution in [1.29, 1.82) is 0 Å². The second-order valence-corrected chi connectivity index (χ2v) is 6.00.